The Balaban J connectivity index is 1.31. The Labute approximate surface area is 181 Å². The molecule has 1 aliphatic heterocycles. The molecule has 0 aliphatic carbocycles. The molecule has 3 aromatic rings. The number of aromatic amines is 2. The minimum atomic E-state index is -0.199. The number of nitrogens with zero attached hydrogens (tertiary/aromatic N) is 1. The van der Waals surface area contributed by atoms with E-state index in [9.17, 15) is 9.59 Å². The first-order chi connectivity index (χ1) is 15.1. The fraction of sp³-hybridized carbons (Fsp3) is 0.417. The highest BCUT2D eigenvalue weighted by Crippen LogP contribution is 2.22. The summed E-state index contributed by atoms with van der Waals surface area (Å²) in [5, 5.41) is 3.14. The number of H-pyrrole nitrogens is 2. The van der Waals surface area contributed by atoms with Crippen molar-refractivity contribution in [1.82, 2.24) is 20.2 Å². The molecule has 2 aromatic carbocycles. The molecule has 0 radical (unpaired) electrons. The third kappa shape index (κ3) is 5.62. The Morgan fingerprint density at radius 1 is 1.13 bits per heavy atom. The summed E-state index contributed by atoms with van der Waals surface area (Å²) in [5.74, 6) is 0.0713. The van der Waals surface area contributed by atoms with Gasteiger partial charge in [-0.25, -0.2) is 4.79 Å². The van der Waals surface area contributed by atoms with Crippen molar-refractivity contribution in [3.8, 4) is 0 Å². The van der Waals surface area contributed by atoms with E-state index in [1.165, 1.54) is 11.1 Å². The van der Waals surface area contributed by atoms with Crippen molar-refractivity contribution >= 4 is 16.9 Å². The molecule has 4 rings (SSSR count). The number of benzene rings is 2. The highest BCUT2D eigenvalue weighted by Gasteiger charge is 2.23. The molecule has 7 nitrogen and oxygen atoms in total. The van der Waals surface area contributed by atoms with Gasteiger partial charge in [0.1, 0.15) is 0 Å². The second kappa shape index (κ2) is 9.94. The summed E-state index contributed by atoms with van der Waals surface area (Å²) >= 11 is 0. The number of hydrogen-bond donors (Lipinski definition) is 3. The summed E-state index contributed by atoms with van der Waals surface area (Å²) in [6.45, 7) is 5.90. The highest BCUT2D eigenvalue weighted by molar-refractivity contribution is 5.76. The number of morpholine rings is 1. The van der Waals surface area contributed by atoms with Gasteiger partial charge in [-0.2, -0.15) is 0 Å². The van der Waals surface area contributed by atoms with Gasteiger partial charge >= 0.3 is 5.69 Å². The first kappa shape index (κ1) is 21.3. The Kier molecular flexibility index (Phi) is 6.84. The third-order valence-corrected chi connectivity index (χ3v) is 5.86. The van der Waals surface area contributed by atoms with Gasteiger partial charge in [0.2, 0.25) is 5.91 Å². The number of nitrogens with one attached hydrogen (secondary N) is 3. The standard InChI is InChI=1S/C24H30N4O3/c1-17-4-2-6-19(14-17)22(28-10-12-31-13-11-28)16-25-23(29)7-3-5-18-8-9-20-21(15-18)27-24(30)26-20/h2,4,6,8-9,14-15,22H,3,5,7,10-13,16H2,1H3,(H,25,29)(H2,26,27,30). The van der Waals surface area contributed by atoms with Crippen LogP contribution in [-0.2, 0) is 16.0 Å². The van der Waals surface area contributed by atoms with Crippen molar-refractivity contribution < 1.29 is 9.53 Å². The second-order valence-corrected chi connectivity index (χ2v) is 8.19. The van der Waals surface area contributed by atoms with E-state index in [1.54, 1.807) is 0 Å². The number of aromatic nitrogens is 2. The molecule has 1 unspecified atom stereocenters. The van der Waals surface area contributed by atoms with Crippen molar-refractivity contribution in [1.29, 1.82) is 0 Å². The zero-order chi connectivity index (χ0) is 21.6. The minimum Gasteiger partial charge on any atom is -0.379 e. The van der Waals surface area contributed by atoms with Crippen molar-refractivity contribution in [2.24, 2.45) is 0 Å². The van der Waals surface area contributed by atoms with Crippen LogP contribution in [0.25, 0.3) is 11.0 Å². The fourth-order valence-corrected chi connectivity index (χ4v) is 4.21. The molecular weight excluding hydrogens is 392 g/mol. The van der Waals surface area contributed by atoms with Gasteiger partial charge < -0.3 is 20.0 Å². The molecular formula is C24H30N4O3. The first-order valence-corrected chi connectivity index (χ1v) is 10.9. The van der Waals surface area contributed by atoms with Crippen LogP contribution in [0.5, 0.6) is 0 Å². The fourth-order valence-electron chi connectivity index (χ4n) is 4.21. The summed E-state index contributed by atoms with van der Waals surface area (Å²) in [6.07, 6.45) is 2.03. The van der Waals surface area contributed by atoms with Gasteiger partial charge in [-0.3, -0.25) is 9.69 Å². The summed E-state index contributed by atoms with van der Waals surface area (Å²) in [6, 6.07) is 14.5. The molecule has 3 N–H and O–H groups in total. The monoisotopic (exact) mass is 422 g/mol. The average Bonchev–Trinajstić information content (AvgIpc) is 3.14. The van der Waals surface area contributed by atoms with Crippen LogP contribution < -0.4 is 11.0 Å². The zero-order valence-electron chi connectivity index (χ0n) is 17.9. The predicted molar refractivity (Wildman–Crippen MR) is 121 cm³/mol. The predicted octanol–water partition coefficient (Wildman–Crippen LogP) is 2.68. The van der Waals surface area contributed by atoms with Crippen LogP contribution in [0, 0.1) is 6.92 Å². The molecule has 0 spiro atoms. The van der Waals surface area contributed by atoms with Crippen LogP contribution in [0.4, 0.5) is 0 Å². The van der Waals surface area contributed by atoms with Crippen molar-refractivity contribution in [3.05, 3.63) is 69.6 Å². The van der Waals surface area contributed by atoms with Crippen LogP contribution in [-0.4, -0.2) is 53.6 Å². The van der Waals surface area contributed by atoms with Crippen molar-refractivity contribution in [3.63, 3.8) is 0 Å². The Hall–Kier alpha value is -2.90. The molecule has 164 valence electrons. The van der Waals surface area contributed by atoms with E-state index in [-0.39, 0.29) is 17.6 Å². The molecule has 1 fully saturated rings. The van der Waals surface area contributed by atoms with E-state index >= 15 is 0 Å². The molecule has 31 heavy (non-hydrogen) atoms. The molecule has 1 aliphatic rings. The normalized spacial score (nSPS) is 15.8. The molecule has 1 amide bonds. The van der Waals surface area contributed by atoms with Crippen molar-refractivity contribution in [2.45, 2.75) is 32.2 Å². The van der Waals surface area contributed by atoms with Crippen LogP contribution in [0.3, 0.4) is 0 Å². The largest absolute Gasteiger partial charge is 0.379 e. The minimum absolute atomic E-state index is 0.0713. The van der Waals surface area contributed by atoms with E-state index < -0.39 is 0 Å². The molecule has 7 heteroatoms. The first-order valence-electron chi connectivity index (χ1n) is 10.9. The maximum Gasteiger partial charge on any atom is 0.323 e. The van der Waals surface area contributed by atoms with Gasteiger partial charge in [0.05, 0.1) is 30.3 Å². The molecule has 1 atom stereocenters. The van der Waals surface area contributed by atoms with Gasteiger partial charge in [-0.05, 0) is 43.0 Å². The number of ether oxygens (including phenoxy) is 1. The molecule has 2 heterocycles. The second-order valence-electron chi connectivity index (χ2n) is 8.19. The number of carbonyl (C=O) groups excluding carboxylic acids is 1. The molecule has 1 aromatic heterocycles. The summed E-state index contributed by atoms with van der Waals surface area (Å²) in [7, 11) is 0. The van der Waals surface area contributed by atoms with Crippen LogP contribution >= 0.6 is 0 Å². The van der Waals surface area contributed by atoms with Crippen LogP contribution in [0.2, 0.25) is 0 Å². The number of fused-ring (bicyclic) bond motifs is 1. The number of rotatable bonds is 8. The quantitative estimate of drug-likeness (QED) is 0.521. The topological polar surface area (TPSA) is 90.2 Å². The van der Waals surface area contributed by atoms with E-state index in [0.29, 0.717) is 13.0 Å². The number of carbonyl (C=O) groups is 1. The lowest BCUT2D eigenvalue weighted by Gasteiger charge is -2.35. The van der Waals surface area contributed by atoms with E-state index in [0.717, 1.165) is 55.7 Å². The lowest BCUT2D eigenvalue weighted by Crippen LogP contribution is -2.43. The van der Waals surface area contributed by atoms with Gasteiger partial charge in [0.15, 0.2) is 0 Å². The smallest absolute Gasteiger partial charge is 0.323 e. The Morgan fingerprint density at radius 3 is 2.74 bits per heavy atom. The molecule has 0 saturated carbocycles. The summed E-state index contributed by atoms with van der Waals surface area (Å²) in [5.41, 5.74) is 4.98. The van der Waals surface area contributed by atoms with E-state index in [4.69, 9.17) is 4.74 Å². The summed E-state index contributed by atoms with van der Waals surface area (Å²) in [4.78, 5) is 31.8. The molecule has 0 bridgehead atoms. The van der Waals surface area contributed by atoms with E-state index in [2.05, 4.69) is 51.4 Å². The average molecular weight is 423 g/mol. The number of hydrogen-bond acceptors (Lipinski definition) is 4. The van der Waals surface area contributed by atoms with E-state index in [1.807, 2.05) is 18.2 Å². The number of aryl methyl sites for hydroxylation is 2. The van der Waals surface area contributed by atoms with Gasteiger partial charge in [-0.1, -0.05) is 35.9 Å². The van der Waals surface area contributed by atoms with Gasteiger partial charge in [-0.15, -0.1) is 0 Å². The van der Waals surface area contributed by atoms with Crippen LogP contribution in [0.1, 0.15) is 35.6 Å². The SMILES string of the molecule is Cc1cccc(C(CNC(=O)CCCc2ccc3[nH]c(=O)[nH]c3c2)N2CCOCC2)c1. The number of imidazole rings is 1. The maximum atomic E-state index is 12.5. The Bertz CT molecular complexity index is 1080. The van der Waals surface area contributed by atoms with Crippen LogP contribution in [0.15, 0.2) is 47.3 Å². The Morgan fingerprint density at radius 2 is 1.94 bits per heavy atom. The third-order valence-electron chi connectivity index (χ3n) is 5.86. The summed E-state index contributed by atoms with van der Waals surface area (Å²) < 4.78 is 5.51. The maximum absolute atomic E-state index is 12.5. The van der Waals surface area contributed by atoms with Gasteiger partial charge in [0, 0.05) is 26.1 Å². The van der Waals surface area contributed by atoms with Crippen molar-refractivity contribution in [2.75, 3.05) is 32.8 Å². The molecule has 1 saturated heterocycles. The lowest BCUT2D eigenvalue weighted by atomic mass is 10.0. The number of amides is 1. The zero-order valence-corrected chi connectivity index (χ0v) is 17.9. The lowest BCUT2D eigenvalue weighted by molar-refractivity contribution is -0.121. The highest BCUT2D eigenvalue weighted by atomic mass is 16.5. The van der Waals surface area contributed by atoms with Gasteiger partial charge in [0.25, 0.3) is 0 Å².